The van der Waals surface area contributed by atoms with Crippen molar-refractivity contribution in [3.8, 4) is 0 Å². The molecule has 0 saturated heterocycles. The highest BCUT2D eigenvalue weighted by Gasteiger charge is 2.17. The van der Waals surface area contributed by atoms with E-state index in [1.807, 2.05) is 6.92 Å². The fourth-order valence-electron chi connectivity index (χ4n) is 2.86. The second-order valence-corrected chi connectivity index (χ2v) is 6.35. The van der Waals surface area contributed by atoms with E-state index in [1.54, 1.807) is 0 Å². The molecule has 1 aliphatic carbocycles. The van der Waals surface area contributed by atoms with Gasteiger partial charge < -0.3 is 9.47 Å². The Hall–Kier alpha value is -1.06. The number of ether oxygens (including phenoxy) is 2. The van der Waals surface area contributed by atoms with Gasteiger partial charge >= 0.3 is 11.9 Å². The van der Waals surface area contributed by atoms with Gasteiger partial charge in [0.1, 0.15) is 6.10 Å². The van der Waals surface area contributed by atoms with Gasteiger partial charge in [-0.25, -0.2) is 0 Å². The Bertz CT molecular complexity index is 321. The summed E-state index contributed by atoms with van der Waals surface area (Å²) < 4.78 is 10.7. The van der Waals surface area contributed by atoms with Gasteiger partial charge in [0.25, 0.3) is 0 Å². The van der Waals surface area contributed by atoms with Crippen molar-refractivity contribution in [2.75, 3.05) is 6.61 Å². The summed E-state index contributed by atoms with van der Waals surface area (Å²) in [5, 5.41) is 0. The van der Waals surface area contributed by atoms with Gasteiger partial charge in [-0.3, -0.25) is 9.59 Å². The lowest BCUT2D eigenvalue weighted by Crippen LogP contribution is -2.20. The zero-order valence-electron chi connectivity index (χ0n) is 14.3. The van der Waals surface area contributed by atoms with Gasteiger partial charge in [-0.1, -0.05) is 46.0 Å². The highest BCUT2D eigenvalue weighted by atomic mass is 16.5. The van der Waals surface area contributed by atoms with Gasteiger partial charge in [-0.05, 0) is 31.6 Å². The normalized spacial score (nSPS) is 17.0. The van der Waals surface area contributed by atoms with Crippen LogP contribution in [-0.2, 0) is 19.1 Å². The van der Waals surface area contributed by atoms with E-state index in [2.05, 4.69) is 6.92 Å². The second-order valence-electron chi connectivity index (χ2n) is 6.35. The molecule has 0 aromatic carbocycles. The summed E-state index contributed by atoms with van der Waals surface area (Å²) in [6.07, 6.45) is 10.3. The number of rotatable bonds is 10. The lowest BCUT2D eigenvalue weighted by molar-refractivity contribution is -0.154. The molecule has 0 amide bonds. The van der Waals surface area contributed by atoms with Gasteiger partial charge in [0.05, 0.1) is 19.4 Å². The maximum absolute atomic E-state index is 11.8. The molecule has 1 saturated carbocycles. The van der Waals surface area contributed by atoms with E-state index in [0.29, 0.717) is 12.5 Å². The minimum absolute atomic E-state index is 0.00860. The third-order valence-corrected chi connectivity index (χ3v) is 4.37. The molecule has 0 bridgehead atoms. The summed E-state index contributed by atoms with van der Waals surface area (Å²) in [6, 6.07) is 0. The van der Waals surface area contributed by atoms with Crippen molar-refractivity contribution in [2.45, 2.75) is 90.6 Å². The molecule has 0 aliphatic heterocycles. The molecule has 0 radical (unpaired) electrons. The van der Waals surface area contributed by atoms with E-state index in [4.69, 9.17) is 9.47 Å². The van der Waals surface area contributed by atoms with Crippen LogP contribution in [-0.4, -0.2) is 24.6 Å². The third kappa shape index (κ3) is 8.40. The van der Waals surface area contributed by atoms with Crippen molar-refractivity contribution in [1.29, 1.82) is 0 Å². The van der Waals surface area contributed by atoms with Crippen LogP contribution < -0.4 is 0 Å². The Kier molecular flexibility index (Phi) is 9.93. The Morgan fingerprint density at radius 3 is 2.36 bits per heavy atom. The molecule has 0 N–H and O–H groups in total. The van der Waals surface area contributed by atoms with Gasteiger partial charge in [-0.15, -0.1) is 0 Å². The Morgan fingerprint density at radius 2 is 1.73 bits per heavy atom. The molecule has 0 spiro atoms. The average Bonchev–Trinajstić information content (AvgIpc) is 2.55. The molecule has 1 unspecified atom stereocenters. The maximum atomic E-state index is 11.8. The van der Waals surface area contributed by atoms with Crippen molar-refractivity contribution in [1.82, 2.24) is 0 Å². The average molecular weight is 312 g/mol. The molecule has 22 heavy (non-hydrogen) atoms. The SMILES string of the molecule is CCCCC(CC)OC(=O)CCC(=O)OCC1CCCCC1. The highest BCUT2D eigenvalue weighted by molar-refractivity contribution is 5.77. The van der Waals surface area contributed by atoms with Crippen molar-refractivity contribution >= 4 is 11.9 Å². The zero-order valence-corrected chi connectivity index (χ0v) is 14.3. The first-order valence-corrected chi connectivity index (χ1v) is 9.00. The number of unbranched alkanes of at least 4 members (excludes halogenated alkanes) is 1. The van der Waals surface area contributed by atoms with Crippen LogP contribution in [0.1, 0.15) is 84.5 Å². The minimum atomic E-state index is -0.280. The molecule has 4 nitrogen and oxygen atoms in total. The van der Waals surface area contributed by atoms with E-state index in [1.165, 1.54) is 19.3 Å². The number of hydrogen-bond donors (Lipinski definition) is 0. The van der Waals surface area contributed by atoms with Crippen LogP contribution in [0.2, 0.25) is 0 Å². The number of hydrogen-bond acceptors (Lipinski definition) is 4. The quantitative estimate of drug-likeness (QED) is 0.561. The zero-order chi connectivity index (χ0) is 16.2. The minimum Gasteiger partial charge on any atom is -0.465 e. The van der Waals surface area contributed by atoms with Gasteiger partial charge in [0, 0.05) is 0 Å². The van der Waals surface area contributed by atoms with E-state index in [9.17, 15) is 9.59 Å². The molecule has 1 aliphatic rings. The molecule has 4 heteroatoms. The topological polar surface area (TPSA) is 52.6 Å². The molecule has 128 valence electrons. The van der Waals surface area contributed by atoms with E-state index in [-0.39, 0.29) is 30.9 Å². The first-order valence-electron chi connectivity index (χ1n) is 9.00. The first-order chi connectivity index (χ1) is 10.7. The second kappa shape index (κ2) is 11.5. The van der Waals surface area contributed by atoms with Gasteiger partial charge in [0.15, 0.2) is 0 Å². The molecule has 0 heterocycles. The van der Waals surface area contributed by atoms with Crippen molar-refractivity contribution in [2.24, 2.45) is 5.92 Å². The Morgan fingerprint density at radius 1 is 1.05 bits per heavy atom. The summed E-state index contributed by atoms with van der Waals surface area (Å²) in [5.74, 6) is -0.0372. The lowest BCUT2D eigenvalue weighted by Gasteiger charge is -2.21. The van der Waals surface area contributed by atoms with E-state index < -0.39 is 0 Å². The standard InChI is InChI=1S/C18H32O4/c1-3-5-11-16(4-2)22-18(20)13-12-17(19)21-14-15-9-7-6-8-10-15/h15-16H,3-14H2,1-2H3. The van der Waals surface area contributed by atoms with E-state index >= 15 is 0 Å². The number of carbonyl (C=O) groups is 2. The smallest absolute Gasteiger partial charge is 0.306 e. The van der Waals surface area contributed by atoms with Crippen LogP contribution in [0.5, 0.6) is 0 Å². The van der Waals surface area contributed by atoms with Crippen LogP contribution in [0.4, 0.5) is 0 Å². The van der Waals surface area contributed by atoms with E-state index in [0.717, 1.165) is 38.5 Å². The van der Waals surface area contributed by atoms with Crippen molar-refractivity contribution in [3.63, 3.8) is 0 Å². The summed E-state index contributed by atoms with van der Waals surface area (Å²) in [7, 11) is 0. The molecule has 0 aromatic rings. The van der Waals surface area contributed by atoms with Crippen LogP contribution in [0, 0.1) is 5.92 Å². The molecule has 1 rings (SSSR count). The van der Waals surface area contributed by atoms with Crippen LogP contribution in [0.15, 0.2) is 0 Å². The van der Waals surface area contributed by atoms with Gasteiger partial charge in [-0.2, -0.15) is 0 Å². The number of esters is 2. The summed E-state index contributed by atoms with van der Waals surface area (Å²) in [5.41, 5.74) is 0. The molecular weight excluding hydrogens is 280 g/mol. The highest BCUT2D eigenvalue weighted by Crippen LogP contribution is 2.23. The van der Waals surface area contributed by atoms with Crippen LogP contribution in [0.3, 0.4) is 0 Å². The first kappa shape index (κ1) is 19.0. The van der Waals surface area contributed by atoms with Crippen LogP contribution >= 0.6 is 0 Å². The van der Waals surface area contributed by atoms with Gasteiger partial charge in [0.2, 0.25) is 0 Å². The molecule has 1 atom stereocenters. The summed E-state index contributed by atoms with van der Waals surface area (Å²) in [6.45, 7) is 4.66. The number of carbonyl (C=O) groups excluding carboxylic acids is 2. The lowest BCUT2D eigenvalue weighted by atomic mass is 9.90. The predicted octanol–water partition coefficient (Wildman–Crippen LogP) is 4.40. The fraction of sp³-hybridized carbons (Fsp3) is 0.889. The third-order valence-electron chi connectivity index (χ3n) is 4.37. The predicted molar refractivity (Wildman–Crippen MR) is 86.5 cm³/mol. The monoisotopic (exact) mass is 312 g/mol. The van der Waals surface area contributed by atoms with Crippen LogP contribution in [0.25, 0.3) is 0 Å². The van der Waals surface area contributed by atoms with Crippen molar-refractivity contribution < 1.29 is 19.1 Å². The fourth-order valence-corrected chi connectivity index (χ4v) is 2.86. The maximum Gasteiger partial charge on any atom is 0.306 e. The molecule has 0 aromatic heterocycles. The Balaban J connectivity index is 2.12. The summed E-state index contributed by atoms with van der Waals surface area (Å²) in [4.78, 5) is 23.4. The van der Waals surface area contributed by atoms with Crippen molar-refractivity contribution in [3.05, 3.63) is 0 Å². The molecular formula is C18H32O4. The summed E-state index contributed by atoms with van der Waals surface area (Å²) >= 11 is 0. The largest absolute Gasteiger partial charge is 0.465 e. The Labute approximate surface area is 134 Å². The molecule has 1 fully saturated rings.